The summed E-state index contributed by atoms with van der Waals surface area (Å²) in [4.78, 5) is 36.1. The van der Waals surface area contributed by atoms with Crippen LogP contribution in [0.5, 0.6) is 0 Å². The summed E-state index contributed by atoms with van der Waals surface area (Å²) < 4.78 is 5.06. The van der Waals surface area contributed by atoms with Crippen molar-refractivity contribution < 1.29 is 14.3 Å². The highest BCUT2D eigenvalue weighted by Crippen LogP contribution is 2.46. The second-order valence-corrected chi connectivity index (χ2v) is 8.42. The van der Waals surface area contributed by atoms with Crippen molar-refractivity contribution in [1.82, 2.24) is 15.2 Å². The summed E-state index contributed by atoms with van der Waals surface area (Å²) in [6.07, 6.45) is 1.80. The lowest BCUT2D eigenvalue weighted by Crippen LogP contribution is -2.38. The zero-order valence-electron chi connectivity index (χ0n) is 17.5. The van der Waals surface area contributed by atoms with Crippen molar-refractivity contribution in [2.45, 2.75) is 25.9 Å². The Labute approximate surface area is 195 Å². The van der Waals surface area contributed by atoms with Crippen molar-refractivity contribution in [2.75, 3.05) is 7.11 Å². The maximum atomic E-state index is 12.7. The Bertz CT molecular complexity index is 1150. The van der Waals surface area contributed by atoms with Crippen molar-refractivity contribution >= 4 is 40.4 Å². The molecule has 0 fully saturated rings. The number of aliphatic imine (C=N–C) groups is 1. The highest BCUT2D eigenvalue weighted by atomic mass is 35.5. The van der Waals surface area contributed by atoms with Gasteiger partial charge in [0.15, 0.2) is 5.17 Å². The van der Waals surface area contributed by atoms with Crippen LogP contribution < -0.4 is 5.32 Å². The number of fused-ring (bicyclic) bond motifs is 1. The Morgan fingerprint density at radius 1 is 1.22 bits per heavy atom. The van der Waals surface area contributed by atoms with Crippen molar-refractivity contribution in [3.8, 4) is 0 Å². The first-order valence-electron chi connectivity index (χ1n) is 9.93. The van der Waals surface area contributed by atoms with E-state index in [1.54, 1.807) is 19.2 Å². The number of aromatic nitrogens is 1. The summed E-state index contributed by atoms with van der Waals surface area (Å²) in [6.45, 7) is 2.11. The summed E-state index contributed by atoms with van der Waals surface area (Å²) in [5.41, 5.74) is 3.20. The molecule has 3 heterocycles. The first-order valence-corrected chi connectivity index (χ1v) is 11.2. The van der Waals surface area contributed by atoms with Gasteiger partial charge >= 0.3 is 5.97 Å². The van der Waals surface area contributed by atoms with Crippen LogP contribution in [-0.2, 0) is 20.9 Å². The fourth-order valence-electron chi connectivity index (χ4n) is 3.65. The Hall–Kier alpha value is -3.10. The second-order valence-electron chi connectivity index (χ2n) is 7.18. The van der Waals surface area contributed by atoms with Gasteiger partial charge in [-0.2, -0.15) is 0 Å². The number of methoxy groups -OCH3 is 1. The van der Waals surface area contributed by atoms with Gasteiger partial charge in [-0.1, -0.05) is 47.6 Å². The van der Waals surface area contributed by atoms with Gasteiger partial charge in [0.05, 0.1) is 43.1 Å². The van der Waals surface area contributed by atoms with Crippen LogP contribution in [0.15, 0.2) is 76.0 Å². The number of hydrogen-bond donors (Lipinski definition) is 1. The largest absolute Gasteiger partial charge is 0.466 e. The number of halogens is 1. The van der Waals surface area contributed by atoms with E-state index in [0.29, 0.717) is 28.0 Å². The zero-order chi connectivity index (χ0) is 22.7. The molecule has 0 bridgehead atoms. The lowest BCUT2D eigenvalue weighted by Gasteiger charge is -2.36. The van der Waals surface area contributed by atoms with Gasteiger partial charge in [0.1, 0.15) is 0 Å². The van der Waals surface area contributed by atoms with E-state index in [1.165, 1.54) is 18.9 Å². The van der Waals surface area contributed by atoms with E-state index in [2.05, 4.69) is 15.3 Å². The van der Waals surface area contributed by atoms with Gasteiger partial charge in [-0.15, -0.1) is 0 Å². The third-order valence-corrected chi connectivity index (χ3v) is 6.37. The zero-order valence-corrected chi connectivity index (χ0v) is 19.1. The quantitative estimate of drug-likeness (QED) is 0.640. The molecule has 0 aliphatic carbocycles. The topological polar surface area (TPSA) is 83.9 Å². The Kier molecular flexibility index (Phi) is 6.62. The van der Waals surface area contributed by atoms with Gasteiger partial charge in [-0.25, -0.2) is 9.79 Å². The minimum atomic E-state index is -0.548. The molecule has 4 rings (SSSR count). The van der Waals surface area contributed by atoms with Crippen LogP contribution in [0.25, 0.3) is 0 Å². The van der Waals surface area contributed by atoms with Gasteiger partial charge in [0.25, 0.3) is 0 Å². The average molecular weight is 469 g/mol. The molecule has 164 valence electrons. The minimum Gasteiger partial charge on any atom is -0.466 e. The lowest BCUT2D eigenvalue weighted by atomic mass is 9.94. The standard InChI is InChI=1S/C23H21ClN4O3S/c1-14-20(22(30)31-2)21(17-8-3-4-9-18(17)24)28-16(13-32-23(28)27-14)11-19(29)26-12-15-7-5-6-10-25-15/h3-10,13,21H,11-12H2,1-2H3,(H,26,29)/t21-/m0/s1. The fourth-order valence-corrected chi connectivity index (χ4v) is 4.85. The molecule has 2 aliphatic heterocycles. The van der Waals surface area contributed by atoms with Gasteiger partial charge in [-0.05, 0) is 36.1 Å². The van der Waals surface area contributed by atoms with E-state index in [1.807, 2.05) is 46.7 Å². The molecule has 0 saturated heterocycles. The number of nitrogens with zero attached hydrogens (tertiary/aromatic N) is 3. The molecule has 1 atom stereocenters. The molecule has 32 heavy (non-hydrogen) atoms. The molecule has 9 heteroatoms. The third kappa shape index (κ3) is 4.42. The van der Waals surface area contributed by atoms with Gasteiger partial charge in [0.2, 0.25) is 5.91 Å². The predicted octanol–water partition coefficient (Wildman–Crippen LogP) is 4.19. The minimum absolute atomic E-state index is 0.118. The molecule has 0 radical (unpaired) electrons. The summed E-state index contributed by atoms with van der Waals surface area (Å²) in [7, 11) is 1.34. The molecule has 1 aromatic heterocycles. The Morgan fingerprint density at radius 2 is 2.00 bits per heavy atom. The highest BCUT2D eigenvalue weighted by Gasteiger charge is 2.41. The molecule has 0 unspecified atom stereocenters. The van der Waals surface area contributed by atoms with Crippen molar-refractivity contribution in [2.24, 2.45) is 4.99 Å². The number of pyridine rings is 1. The molecule has 0 spiro atoms. The summed E-state index contributed by atoms with van der Waals surface area (Å²) in [6, 6.07) is 12.3. The van der Waals surface area contributed by atoms with Crippen molar-refractivity contribution in [3.63, 3.8) is 0 Å². The molecule has 7 nitrogen and oxygen atoms in total. The summed E-state index contributed by atoms with van der Waals surface area (Å²) in [5, 5.41) is 5.98. The number of allylic oxidation sites excluding steroid dienone is 1. The predicted molar refractivity (Wildman–Crippen MR) is 125 cm³/mol. The van der Waals surface area contributed by atoms with E-state index in [-0.39, 0.29) is 12.3 Å². The van der Waals surface area contributed by atoms with Gasteiger partial charge in [0, 0.05) is 16.9 Å². The molecular weight excluding hydrogens is 448 g/mol. The SMILES string of the molecule is COC(=O)C1=C(C)N=C2SC=C(CC(=O)NCc3ccccn3)N2[C@H]1c1ccccc1Cl. The van der Waals surface area contributed by atoms with E-state index in [4.69, 9.17) is 16.3 Å². The number of thioether (sulfide) groups is 1. The Balaban J connectivity index is 1.62. The fraction of sp³-hybridized carbons (Fsp3) is 0.217. The number of benzene rings is 1. The maximum Gasteiger partial charge on any atom is 0.338 e. The Morgan fingerprint density at radius 3 is 2.72 bits per heavy atom. The number of amides is 1. The van der Waals surface area contributed by atoms with Crippen molar-refractivity contribution in [1.29, 1.82) is 0 Å². The maximum absolute atomic E-state index is 12.7. The molecule has 1 N–H and O–H groups in total. The average Bonchev–Trinajstić information content (AvgIpc) is 3.19. The smallest absolute Gasteiger partial charge is 0.338 e. The number of hydrogen-bond acceptors (Lipinski definition) is 7. The number of nitrogens with one attached hydrogen (secondary N) is 1. The highest BCUT2D eigenvalue weighted by molar-refractivity contribution is 8.16. The van der Waals surface area contributed by atoms with Crippen LogP contribution in [-0.4, -0.2) is 34.0 Å². The monoisotopic (exact) mass is 468 g/mol. The third-order valence-electron chi connectivity index (χ3n) is 5.14. The van der Waals surface area contributed by atoms with E-state index in [0.717, 1.165) is 17.0 Å². The summed E-state index contributed by atoms with van der Waals surface area (Å²) in [5.74, 6) is -0.640. The second kappa shape index (κ2) is 9.58. The molecule has 2 aliphatic rings. The van der Waals surface area contributed by atoms with Gasteiger partial charge < -0.3 is 15.0 Å². The van der Waals surface area contributed by atoms with Crippen LogP contribution >= 0.6 is 23.4 Å². The van der Waals surface area contributed by atoms with Gasteiger partial charge in [-0.3, -0.25) is 9.78 Å². The van der Waals surface area contributed by atoms with Crippen LogP contribution in [0.2, 0.25) is 5.02 Å². The van der Waals surface area contributed by atoms with Crippen molar-refractivity contribution in [3.05, 3.63) is 87.3 Å². The first kappa shape index (κ1) is 22.1. The number of ether oxygens (including phenoxy) is 1. The molecule has 1 aromatic carbocycles. The number of carbonyl (C=O) groups excluding carboxylic acids is 2. The number of esters is 1. The van der Waals surface area contributed by atoms with E-state index >= 15 is 0 Å². The summed E-state index contributed by atoms with van der Waals surface area (Å²) >= 11 is 7.94. The first-order chi connectivity index (χ1) is 15.5. The number of carbonyl (C=O) groups is 2. The molecular formula is C23H21ClN4O3S. The van der Waals surface area contributed by atoms with Crippen LogP contribution in [0.3, 0.4) is 0 Å². The number of rotatable bonds is 6. The van der Waals surface area contributed by atoms with Crippen LogP contribution in [0.1, 0.15) is 30.6 Å². The lowest BCUT2D eigenvalue weighted by molar-refractivity contribution is -0.136. The van der Waals surface area contributed by atoms with E-state index in [9.17, 15) is 9.59 Å². The number of amidine groups is 1. The normalized spacial score (nSPS) is 17.5. The van der Waals surface area contributed by atoms with E-state index < -0.39 is 12.0 Å². The molecule has 0 saturated carbocycles. The molecule has 2 aromatic rings. The molecule has 1 amide bonds. The van der Waals surface area contributed by atoms with Crippen LogP contribution in [0, 0.1) is 0 Å². The van der Waals surface area contributed by atoms with Crippen LogP contribution in [0.4, 0.5) is 0 Å².